The summed E-state index contributed by atoms with van der Waals surface area (Å²) in [7, 11) is 0. The molecule has 1 aliphatic rings. The predicted octanol–water partition coefficient (Wildman–Crippen LogP) is 5.28. The van der Waals surface area contributed by atoms with Gasteiger partial charge in [0.05, 0.1) is 11.2 Å². The predicted molar refractivity (Wildman–Crippen MR) is 116 cm³/mol. The number of aromatic nitrogens is 1. The molecule has 31 heavy (non-hydrogen) atoms. The summed E-state index contributed by atoms with van der Waals surface area (Å²) >= 11 is 0. The molecule has 5 nitrogen and oxygen atoms in total. The number of ether oxygens (including phenoxy) is 1. The highest BCUT2D eigenvalue weighted by Gasteiger charge is 2.34. The molecule has 3 aromatic carbocycles. The number of fused-ring (bicyclic) bond motifs is 1. The maximum atomic E-state index is 13.3. The minimum Gasteiger partial charge on any atom is -0.446 e. The van der Waals surface area contributed by atoms with Crippen molar-refractivity contribution in [3.63, 3.8) is 0 Å². The molecule has 0 radical (unpaired) electrons. The number of amides is 1. The zero-order valence-corrected chi connectivity index (χ0v) is 16.7. The summed E-state index contributed by atoms with van der Waals surface area (Å²) in [6, 6.07) is 25.3. The highest BCUT2D eigenvalue weighted by atomic mass is 19.1. The molecule has 0 N–H and O–H groups in total. The van der Waals surface area contributed by atoms with Crippen molar-refractivity contribution in [2.75, 3.05) is 0 Å². The minimum absolute atomic E-state index is 0.260. The van der Waals surface area contributed by atoms with Crippen LogP contribution in [0.1, 0.15) is 24.3 Å². The van der Waals surface area contributed by atoms with Crippen molar-refractivity contribution < 1.29 is 13.9 Å². The molecule has 1 amide bonds. The Labute approximate surface area is 178 Å². The summed E-state index contributed by atoms with van der Waals surface area (Å²) in [6.45, 7) is 1.44. The number of para-hydroxylation sites is 1. The first-order chi connectivity index (χ1) is 15.1. The zero-order valence-electron chi connectivity index (χ0n) is 16.7. The molecule has 152 valence electrons. The van der Waals surface area contributed by atoms with Gasteiger partial charge >= 0.3 is 0 Å². The summed E-state index contributed by atoms with van der Waals surface area (Å²) in [4.78, 5) is 17.2. The number of hydrogen-bond acceptors (Lipinski definition) is 4. The van der Waals surface area contributed by atoms with E-state index in [2.05, 4.69) is 5.10 Å². The third-order valence-electron chi connectivity index (χ3n) is 5.14. The van der Waals surface area contributed by atoms with Crippen molar-refractivity contribution in [2.45, 2.75) is 13.2 Å². The molecule has 0 bridgehead atoms. The first kappa shape index (κ1) is 18.9. The second-order valence-corrected chi connectivity index (χ2v) is 7.23. The van der Waals surface area contributed by atoms with Crippen LogP contribution in [0.4, 0.5) is 4.39 Å². The van der Waals surface area contributed by atoms with Gasteiger partial charge in [0.2, 0.25) is 18.0 Å². The molecule has 0 unspecified atom stereocenters. The molecule has 0 spiro atoms. The summed E-state index contributed by atoms with van der Waals surface area (Å²) in [6.07, 6.45) is -0.757. The lowest BCUT2D eigenvalue weighted by atomic mass is 10.0. The first-order valence-electron chi connectivity index (χ1n) is 9.86. The molecule has 1 aromatic heterocycles. The SMILES string of the molecule is CC(=O)N1N=C(c2ccc(F)cc2)O[C@H]1c1cc(-c2ccccc2)nc2ccccc12. The van der Waals surface area contributed by atoms with Crippen LogP contribution in [0.2, 0.25) is 0 Å². The molecule has 1 atom stereocenters. The van der Waals surface area contributed by atoms with Crippen LogP contribution in [0.3, 0.4) is 0 Å². The van der Waals surface area contributed by atoms with Gasteiger partial charge in [-0.2, -0.15) is 5.01 Å². The van der Waals surface area contributed by atoms with Crippen LogP contribution in [0.15, 0.2) is 90.0 Å². The van der Waals surface area contributed by atoms with Crippen LogP contribution >= 0.6 is 0 Å². The number of pyridine rings is 1. The molecule has 0 saturated carbocycles. The molecule has 6 heteroatoms. The van der Waals surface area contributed by atoms with E-state index >= 15 is 0 Å². The van der Waals surface area contributed by atoms with Crippen molar-refractivity contribution >= 4 is 22.7 Å². The standard InChI is InChI=1S/C25H18FN3O2/c1-16(30)29-25(31-24(28-29)18-11-13-19(26)14-12-18)21-15-23(17-7-3-2-4-8-17)27-22-10-6-5-9-20(21)22/h2-15,25H,1H3/t25-/m0/s1. The van der Waals surface area contributed by atoms with Crippen molar-refractivity contribution in [1.29, 1.82) is 0 Å². The Morgan fingerprint density at radius 3 is 2.39 bits per heavy atom. The van der Waals surface area contributed by atoms with Gasteiger partial charge in [-0.1, -0.05) is 48.5 Å². The molecule has 5 rings (SSSR count). The topological polar surface area (TPSA) is 54.8 Å². The molecule has 2 heterocycles. The quantitative estimate of drug-likeness (QED) is 0.461. The van der Waals surface area contributed by atoms with Gasteiger partial charge in [-0.05, 0) is 36.4 Å². The molecule has 0 saturated heterocycles. The van der Waals surface area contributed by atoms with Crippen LogP contribution in [-0.4, -0.2) is 21.8 Å². The molecular formula is C25H18FN3O2. The van der Waals surface area contributed by atoms with Crippen LogP contribution in [0.25, 0.3) is 22.2 Å². The van der Waals surface area contributed by atoms with Gasteiger partial charge in [-0.15, -0.1) is 5.10 Å². The maximum Gasteiger partial charge on any atom is 0.243 e. The first-order valence-corrected chi connectivity index (χ1v) is 9.86. The summed E-state index contributed by atoms with van der Waals surface area (Å²) in [5.74, 6) is -0.346. The minimum atomic E-state index is -0.757. The number of carbonyl (C=O) groups excluding carboxylic acids is 1. The van der Waals surface area contributed by atoms with Gasteiger partial charge in [-0.3, -0.25) is 4.79 Å². The fraction of sp³-hybridized carbons (Fsp3) is 0.0800. The van der Waals surface area contributed by atoms with Gasteiger partial charge < -0.3 is 4.74 Å². The molecule has 0 aliphatic carbocycles. The van der Waals surface area contributed by atoms with Crippen LogP contribution in [0, 0.1) is 5.82 Å². The van der Waals surface area contributed by atoms with Crippen molar-refractivity contribution in [1.82, 2.24) is 9.99 Å². The Kier molecular flexibility index (Phi) is 4.67. The average Bonchev–Trinajstić information content (AvgIpc) is 3.25. The number of nitrogens with zero attached hydrogens (tertiary/aromatic N) is 3. The largest absolute Gasteiger partial charge is 0.446 e. The van der Waals surface area contributed by atoms with Crippen molar-refractivity contribution in [2.24, 2.45) is 5.10 Å². The Hall–Kier alpha value is -4.06. The number of rotatable bonds is 3. The van der Waals surface area contributed by atoms with Crippen molar-refractivity contribution in [3.8, 4) is 11.3 Å². The Balaban J connectivity index is 1.64. The van der Waals surface area contributed by atoms with Crippen LogP contribution in [-0.2, 0) is 9.53 Å². The Bertz CT molecular complexity index is 1300. The molecule has 4 aromatic rings. The van der Waals surface area contributed by atoms with E-state index in [0.717, 1.165) is 27.7 Å². The van der Waals surface area contributed by atoms with E-state index in [1.807, 2.05) is 60.7 Å². The Morgan fingerprint density at radius 1 is 0.935 bits per heavy atom. The average molecular weight is 411 g/mol. The maximum absolute atomic E-state index is 13.3. The molecular weight excluding hydrogens is 393 g/mol. The van der Waals surface area contributed by atoms with E-state index in [1.165, 1.54) is 24.1 Å². The highest BCUT2D eigenvalue weighted by Crippen LogP contribution is 2.36. The smallest absolute Gasteiger partial charge is 0.243 e. The zero-order chi connectivity index (χ0) is 21.4. The third kappa shape index (κ3) is 3.53. The Morgan fingerprint density at radius 2 is 1.65 bits per heavy atom. The number of hydrogen-bond donors (Lipinski definition) is 0. The van der Waals surface area contributed by atoms with Gasteiger partial charge in [0.25, 0.3) is 0 Å². The summed E-state index contributed by atoms with van der Waals surface area (Å²) < 4.78 is 19.5. The van der Waals surface area contributed by atoms with E-state index < -0.39 is 6.23 Å². The highest BCUT2D eigenvalue weighted by molar-refractivity contribution is 5.97. The van der Waals surface area contributed by atoms with Crippen LogP contribution < -0.4 is 0 Å². The van der Waals surface area contributed by atoms with E-state index in [0.29, 0.717) is 5.56 Å². The van der Waals surface area contributed by atoms with Crippen LogP contribution in [0.5, 0.6) is 0 Å². The fourth-order valence-electron chi connectivity index (χ4n) is 3.64. The number of carbonyl (C=O) groups is 1. The van der Waals surface area contributed by atoms with Gasteiger partial charge in [0.15, 0.2) is 0 Å². The third-order valence-corrected chi connectivity index (χ3v) is 5.14. The van der Waals surface area contributed by atoms with Gasteiger partial charge in [0, 0.05) is 29.0 Å². The lowest BCUT2D eigenvalue weighted by Crippen LogP contribution is -2.25. The molecule has 0 fully saturated rings. The van der Waals surface area contributed by atoms with Gasteiger partial charge in [-0.25, -0.2) is 9.37 Å². The summed E-state index contributed by atoms with van der Waals surface area (Å²) in [5, 5.41) is 6.57. The number of halogens is 1. The fourth-order valence-corrected chi connectivity index (χ4v) is 3.64. The lowest BCUT2D eigenvalue weighted by molar-refractivity contribution is -0.135. The van der Waals surface area contributed by atoms with Crippen molar-refractivity contribution in [3.05, 3.63) is 102 Å². The summed E-state index contributed by atoms with van der Waals surface area (Å²) in [5.41, 5.74) is 3.90. The van der Waals surface area contributed by atoms with E-state index in [4.69, 9.17) is 9.72 Å². The molecule has 1 aliphatic heterocycles. The number of benzene rings is 3. The second kappa shape index (κ2) is 7.65. The van der Waals surface area contributed by atoms with Gasteiger partial charge in [0.1, 0.15) is 5.82 Å². The normalized spacial score (nSPS) is 15.6. The van der Waals surface area contributed by atoms with E-state index in [1.54, 1.807) is 12.1 Å². The van der Waals surface area contributed by atoms with E-state index in [9.17, 15) is 9.18 Å². The lowest BCUT2D eigenvalue weighted by Gasteiger charge is -2.21. The monoisotopic (exact) mass is 411 g/mol. The second-order valence-electron chi connectivity index (χ2n) is 7.23. The number of hydrazone groups is 1. The van der Waals surface area contributed by atoms with E-state index in [-0.39, 0.29) is 17.6 Å².